The highest BCUT2D eigenvalue weighted by atomic mass is 16.5. The first-order valence-corrected chi connectivity index (χ1v) is 5.98. The van der Waals surface area contributed by atoms with Gasteiger partial charge in [-0.25, -0.2) is 0 Å². The molecule has 4 nitrogen and oxygen atoms in total. The van der Waals surface area contributed by atoms with Gasteiger partial charge in [-0.2, -0.15) is 0 Å². The molecule has 1 aromatic rings. The summed E-state index contributed by atoms with van der Waals surface area (Å²) in [7, 11) is 1.83. The maximum Gasteiger partial charge on any atom is 0.313 e. The molecule has 0 N–H and O–H groups in total. The molecule has 98 valence electrons. The molecule has 0 atom stereocenters. The zero-order valence-corrected chi connectivity index (χ0v) is 11.1. The minimum atomic E-state index is -0.458. The molecule has 0 amide bonds. The predicted octanol–water partition coefficient (Wildman–Crippen LogP) is 1.95. The number of aryl methyl sites for hydroxylation is 1. The van der Waals surface area contributed by atoms with Crippen LogP contribution in [0.1, 0.15) is 18.9 Å². The molecule has 0 aliphatic heterocycles. The van der Waals surface area contributed by atoms with Crippen LogP contribution in [0.3, 0.4) is 0 Å². The van der Waals surface area contributed by atoms with Gasteiger partial charge in [0.1, 0.15) is 6.42 Å². The Morgan fingerprint density at radius 3 is 2.67 bits per heavy atom. The van der Waals surface area contributed by atoms with Gasteiger partial charge < -0.3 is 9.64 Å². The van der Waals surface area contributed by atoms with Crippen LogP contribution in [0.2, 0.25) is 0 Å². The number of nitrogens with zero attached hydrogens (tertiary/aromatic N) is 1. The van der Waals surface area contributed by atoms with Gasteiger partial charge in [0.25, 0.3) is 0 Å². The molecule has 18 heavy (non-hydrogen) atoms. The monoisotopic (exact) mass is 249 g/mol. The van der Waals surface area contributed by atoms with Crippen LogP contribution in [0.5, 0.6) is 0 Å². The van der Waals surface area contributed by atoms with Crippen molar-refractivity contribution >= 4 is 17.4 Å². The van der Waals surface area contributed by atoms with Crippen LogP contribution in [0, 0.1) is 6.92 Å². The van der Waals surface area contributed by atoms with E-state index in [1.165, 1.54) is 0 Å². The van der Waals surface area contributed by atoms with E-state index in [0.717, 1.165) is 11.3 Å². The summed E-state index contributed by atoms with van der Waals surface area (Å²) >= 11 is 0. The van der Waals surface area contributed by atoms with Gasteiger partial charge in [0.05, 0.1) is 13.2 Å². The van der Waals surface area contributed by atoms with Crippen molar-refractivity contribution in [3.05, 3.63) is 29.8 Å². The number of ether oxygens (including phenoxy) is 1. The summed E-state index contributed by atoms with van der Waals surface area (Å²) in [5.74, 6) is -0.599. The average molecular weight is 249 g/mol. The molecule has 0 aliphatic carbocycles. The van der Waals surface area contributed by atoms with E-state index in [1.807, 2.05) is 43.1 Å². The lowest BCUT2D eigenvalue weighted by atomic mass is 10.2. The van der Waals surface area contributed by atoms with Crippen molar-refractivity contribution in [2.75, 3.05) is 25.1 Å². The second kappa shape index (κ2) is 6.79. The first-order chi connectivity index (χ1) is 8.52. The van der Waals surface area contributed by atoms with Crippen molar-refractivity contribution in [2.24, 2.45) is 0 Å². The van der Waals surface area contributed by atoms with E-state index in [0.29, 0.717) is 6.61 Å². The van der Waals surface area contributed by atoms with E-state index in [2.05, 4.69) is 0 Å². The Bertz CT molecular complexity index is 429. The number of hydrogen-bond acceptors (Lipinski definition) is 4. The smallest absolute Gasteiger partial charge is 0.313 e. The van der Waals surface area contributed by atoms with E-state index < -0.39 is 5.97 Å². The molecule has 0 saturated carbocycles. The van der Waals surface area contributed by atoms with E-state index >= 15 is 0 Å². The van der Waals surface area contributed by atoms with E-state index in [4.69, 9.17) is 4.74 Å². The quantitative estimate of drug-likeness (QED) is 0.571. The summed E-state index contributed by atoms with van der Waals surface area (Å²) < 4.78 is 4.74. The van der Waals surface area contributed by atoms with Crippen LogP contribution in [0.15, 0.2) is 24.3 Å². The fourth-order valence-electron chi connectivity index (χ4n) is 1.65. The van der Waals surface area contributed by atoms with Crippen LogP contribution in [0.4, 0.5) is 5.69 Å². The Labute approximate surface area is 108 Å². The molecule has 1 rings (SSSR count). The van der Waals surface area contributed by atoms with Gasteiger partial charge in [0.2, 0.25) is 0 Å². The van der Waals surface area contributed by atoms with Crippen LogP contribution in [-0.2, 0) is 14.3 Å². The van der Waals surface area contributed by atoms with Gasteiger partial charge >= 0.3 is 5.97 Å². The Hall–Kier alpha value is -1.84. The summed E-state index contributed by atoms with van der Waals surface area (Å²) in [6.07, 6.45) is -0.163. The Morgan fingerprint density at radius 1 is 1.33 bits per heavy atom. The van der Waals surface area contributed by atoms with Crippen LogP contribution in [0.25, 0.3) is 0 Å². The van der Waals surface area contributed by atoms with E-state index in [-0.39, 0.29) is 18.7 Å². The van der Waals surface area contributed by atoms with Crippen molar-refractivity contribution in [2.45, 2.75) is 20.3 Å². The SMILES string of the molecule is CCOC(=O)CC(=O)CN(C)c1cccc(C)c1. The molecule has 0 bridgehead atoms. The van der Waals surface area contributed by atoms with Gasteiger partial charge in [-0.1, -0.05) is 12.1 Å². The molecule has 0 saturated heterocycles. The number of benzene rings is 1. The lowest BCUT2D eigenvalue weighted by Crippen LogP contribution is -2.27. The lowest BCUT2D eigenvalue weighted by molar-refractivity contribution is -0.145. The summed E-state index contributed by atoms with van der Waals surface area (Å²) in [4.78, 5) is 24.6. The maximum atomic E-state index is 11.7. The first kappa shape index (κ1) is 14.2. The lowest BCUT2D eigenvalue weighted by Gasteiger charge is -2.18. The largest absolute Gasteiger partial charge is 0.466 e. The normalized spacial score (nSPS) is 9.94. The summed E-state index contributed by atoms with van der Waals surface area (Å²) in [5.41, 5.74) is 2.10. The maximum absolute atomic E-state index is 11.7. The number of hydrogen-bond donors (Lipinski definition) is 0. The van der Waals surface area contributed by atoms with Gasteiger partial charge in [-0.15, -0.1) is 0 Å². The number of ketones is 1. The number of esters is 1. The standard InChI is InChI=1S/C14H19NO3/c1-4-18-14(17)9-13(16)10-15(3)12-7-5-6-11(2)8-12/h5-8H,4,9-10H2,1-3H3. The van der Waals surface area contributed by atoms with E-state index in [1.54, 1.807) is 6.92 Å². The number of anilines is 1. The predicted molar refractivity (Wildman–Crippen MR) is 70.7 cm³/mol. The molecule has 0 aromatic heterocycles. The number of rotatable bonds is 6. The van der Waals surface area contributed by atoms with Gasteiger partial charge in [0.15, 0.2) is 5.78 Å². The molecular formula is C14H19NO3. The summed E-state index contributed by atoms with van der Waals surface area (Å²) in [6.45, 7) is 4.24. The number of carbonyl (C=O) groups excluding carboxylic acids is 2. The fourth-order valence-corrected chi connectivity index (χ4v) is 1.65. The highest BCUT2D eigenvalue weighted by molar-refractivity contribution is 5.97. The second-order valence-electron chi connectivity index (χ2n) is 4.22. The Kier molecular flexibility index (Phi) is 5.36. The third-order valence-electron chi connectivity index (χ3n) is 2.50. The van der Waals surface area contributed by atoms with Crippen LogP contribution < -0.4 is 4.90 Å². The topological polar surface area (TPSA) is 46.6 Å². The molecule has 1 aromatic carbocycles. The third kappa shape index (κ3) is 4.57. The molecule has 4 heteroatoms. The molecule has 0 fully saturated rings. The molecular weight excluding hydrogens is 230 g/mol. The number of carbonyl (C=O) groups is 2. The van der Waals surface area contributed by atoms with Gasteiger partial charge in [-0.3, -0.25) is 9.59 Å². The van der Waals surface area contributed by atoms with Crippen molar-refractivity contribution in [3.63, 3.8) is 0 Å². The van der Waals surface area contributed by atoms with Crippen LogP contribution in [-0.4, -0.2) is 32.0 Å². The molecule has 0 aliphatic rings. The highest BCUT2D eigenvalue weighted by Gasteiger charge is 2.13. The minimum absolute atomic E-state index is 0.141. The Balaban J connectivity index is 2.52. The van der Waals surface area contributed by atoms with Crippen molar-refractivity contribution in [3.8, 4) is 0 Å². The zero-order valence-electron chi connectivity index (χ0n) is 11.1. The van der Waals surface area contributed by atoms with Crippen LogP contribution >= 0.6 is 0 Å². The van der Waals surface area contributed by atoms with Gasteiger partial charge in [0, 0.05) is 12.7 Å². The minimum Gasteiger partial charge on any atom is -0.466 e. The first-order valence-electron chi connectivity index (χ1n) is 5.98. The third-order valence-corrected chi connectivity index (χ3v) is 2.50. The Morgan fingerprint density at radius 2 is 2.06 bits per heavy atom. The van der Waals surface area contributed by atoms with Gasteiger partial charge in [-0.05, 0) is 31.5 Å². The van der Waals surface area contributed by atoms with Crippen molar-refractivity contribution in [1.29, 1.82) is 0 Å². The average Bonchev–Trinajstić information content (AvgIpc) is 2.28. The number of likely N-dealkylation sites (N-methyl/N-ethyl adjacent to an activating group) is 1. The summed E-state index contributed by atoms with van der Waals surface area (Å²) in [6, 6.07) is 7.87. The fraction of sp³-hybridized carbons (Fsp3) is 0.429. The highest BCUT2D eigenvalue weighted by Crippen LogP contribution is 2.14. The van der Waals surface area contributed by atoms with Crippen molar-refractivity contribution in [1.82, 2.24) is 0 Å². The zero-order chi connectivity index (χ0) is 13.5. The molecule has 0 radical (unpaired) electrons. The number of Topliss-reactive ketones (excluding diaryl/α,β-unsaturated/α-hetero) is 1. The summed E-state index contributed by atoms with van der Waals surface area (Å²) in [5, 5.41) is 0. The van der Waals surface area contributed by atoms with E-state index in [9.17, 15) is 9.59 Å². The molecule has 0 spiro atoms. The molecule has 0 unspecified atom stereocenters. The second-order valence-corrected chi connectivity index (χ2v) is 4.22. The molecule has 0 heterocycles. The van der Waals surface area contributed by atoms with Crippen molar-refractivity contribution < 1.29 is 14.3 Å².